The molecular formula is C25H24N2O2. The molecule has 1 aliphatic rings. The Balaban J connectivity index is 1.29. The average molecular weight is 384 g/mol. The maximum absolute atomic E-state index is 12.1. The van der Waals surface area contributed by atoms with Crippen LogP contribution in [0.5, 0.6) is 0 Å². The summed E-state index contributed by atoms with van der Waals surface area (Å²) in [6.45, 7) is 2.92. The van der Waals surface area contributed by atoms with E-state index in [1.54, 1.807) is 6.20 Å². The lowest BCUT2D eigenvalue weighted by atomic mass is 9.98. The summed E-state index contributed by atoms with van der Waals surface area (Å²) in [4.78, 5) is 16.3. The van der Waals surface area contributed by atoms with Crippen LogP contribution in [0.15, 0.2) is 73.1 Å². The number of carbonyl (C=O) groups is 1. The van der Waals surface area contributed by atoms with Crippen molar-refractivity contribution in [3.05, 3.63) is 95.3 Å². The van der Waals surface area contributed by atoms with Crippen LogP contribution in [0, 0.1) is 6.92 Å². The van der Waals surface area contributed by atoms with E-state index in [0.29, 0.717) is 13.2 Å². The summed E-state index contributed by atoms with van der Waals surface area (Å²) in [5.41, 5.74) is 7.17. The maximum atomic E-state index is 12.1. The van der Waals surface area contributed by atoms with Crippen LogP contribution in [0.1, 0.15) is 34.6 Å². The third-order valence-electron chi connectivity index (χ3n) is 5.30. The van der Waals surface area contributed by atoms with Gasteiger partial charge >= 0.3 is 6.09 Å². The molecule has 0 spiro atoms. The number of alkyl carbamates (subject to hydrolysis) is 1. The summed E-state index contributed by atoms with van der Waals surface area (Å²) >= 11 is 0. The minimum Gasteiger partial charge on any atom is -0.449 e. The number of hydrogen-bond donors (Lipinski definition) is 1. The number of pyridine rings is 1. The Morgan fingerprint density at radius 3 is 2.45 bits per heavy atom. The SMILES string of the molecule is Cc1ccncc1C=CCCNC(=O)OCC1c2ccccc2-c2ccccc21. The van der Waals surface area contributed by atoms with Gasteiger partial charge in [-0.1, -0.05) is 60.7 Å². The third kappa shape index (κ3) is 4.21. The Labute approximate surface area is 171 Å². The second kappa shape index (κ2) is 8.74. The predicted molar refractivity (Wildman–Crippen MR) is 116 cm³/mol. The number of nitrogens with zero attached hydrogens (tertiary/aromatic N) is 1. The van der Waals surface area contributed by atoms with Crippen molar-refractivity contribution in [3.8, 4) is 11.1 Å². The van der Waals surface area contributed by atoms with E-state index in [2.05, 4.69) is 41.5 Å². The topological polar surface area (TPSA) is 51.2 Å². The Morgan fingerprint density at radius 2 is 1.76 bits per heavy atom. The summed E-state index contributed by atoms with van der Waals surface area (Å²) in [5.74, 6) is 0.0848. The lowest BCUT2D eigenvalue weighted by molar-refractivity contribution is 0.143. The van der Waals surface area contributed by atoms with Gasteiger partial charge in [-0.05, 0) is 52.8 Å². The van der Waals surface area contributed by atoms with Crippen LogP contribution in [-0.4, -0.2) is 24.2 Å². The van der Waals surface area contributed by atoms with Crippen molar-refractivity contribution in [3.63, 3.8) is 0 Å². The van der Waals surface area contributed by atoms with Crippen molar-refractivity contribution in [2.45, 2.75) is 19.3 Å². The number of amides is 1. The summed E-state index contributed by atoms with van der Waals surface area (Å²) < 4.78 is 5.54. The summed E-state index contributed by atoms with van der Waals surface area (Å²) in [5, 5.41) is 2.83. The van der Waals surface area contributed by atoms with E-state index in [4.69, 9.17) is 4.74 Å². The molecule has 29 heavy (non-hydrogen) atoms. The van der Waals surface area contributed by atoms with Crippen molar-refractivity contribution in [1.29, 1.82) is 0 Å². The van der Waals surface area contributed by atoms with E-state index in [-0.39, 0.29) is 12.0 Å². The largest absolute Gasteiger partial charge is 0.449 e. The zero-order valence-corrected chi connectivity index (χ0v) is 16.5. The van der Waals surface area contributed by atoms with Gasteiger partial charge in [0.25, 0.3) is 0 Å². The first-order valence-corrected chi connectivity index (χ1v) is 9.90. The smallest absolute Gasteiger partial charge is 0.407 e. The van der Waals surface area contributed by atoms with Gasteiger partial charge in [-0.3, -0.25) is 4.98 Å². The summed E-state index contributed by atoms with van der Waals surface area (Å²) in [6.07, 6.45) is 8.04. The standard InChI is InChI=1S/C25H24N2O2/c1-18-13-15-26-16-19(18)8-6-7-14-27-25(28)29-17-24-22-11-4-2-9-20(22)21-10-3-5-12-23(21)24/h2-6,8-13,15-16,24H,7,14,17H2,1H3,(H,27,28). The van der Waals surface area contributed by atoms with Gasteiger partial charge in [-0.15, -0.1) is 0 Å². The molecule has 1 amide bonds. The normalized spacial score (nSPS) is 12.6. The fraction of sp³-hybridized carbons (Fsp3) is 0.200. The first-order chi connectivity index (χ1) is 14.2. The Hall–Kier alpha value is -3.40. The Bertz CT molecular complexity index is 997. The van der Waals surface area contributed by atoms with Crippen molar-refractivity contribution < 1.29 is 9.53 Å². The quantitative estimate of drug-likeness (QED) is 0.584. The molecule has 4 heteroatoms. The van der Waals surface area contributed by atoms with Crippen LogP contribution in [0.25, 0.3) is 17.2 Å². The molecule has 146 valence electrons. The maximum Gasteiger partial charge on any atom is 0.407 e. The van der Waals surface area contributed by atoms with E-state index in [1.807, 2.05) is 48.7 Å². The highest BCUT2D eigenvalue weighted by Gasteiger charge is 2.28. The Morgan fingerprint density at radius 1 is 1.07 bits per heavy atom. The molecule has 3 aromatic rings. The van der Waals surface area contributed by atoms with Gasteiger partial charge in [0.05, 0.1) is 0 Å². The molecular weight excluding hydrogens is 360 g/mol. The molecule has 0 radical (unpaired) electrons. The van der Waals surface area contributed by atoms with Gasteiger partial charge in [-0.25, -0.2) is 4.79 Å². The summed E-state index contributed by atoms with van der Waals surface area (Å²) in [6, 6.07) is 18.6. The zero-order chi connectivity index (χ0) is 20.1. The molecule has 4 nitrogen and oxygen atoms in total. The minimum absolute atomic E-state index is 0.0848. The number of benzene rings is 2. The van der Waals surface area contributed by atoms with Crippen LogP contribution in [-0.2, 0) is 4.74 Å². The van der Waals surface area contributed by atoms with E-state index in [9.17, 15) is 4.79 Å². The zero-order valence-electron chi connectivity index (χ0n) is 16.5. The highest BCUT2D eigenvalue weighted by atomic mass is 16.5. The van der Waals surface area contributed by atoms with Crippen molar-refractivity contribution in [1.82, 2.24) is 10.3 Å². The number of carbonyl (C=O) groups excluding carboxylic acids is 1. The lowest BCUT2D eigenvalue weighted by Gasteiger charge is -2.14. The second-order valence-corrected chi connectivity index (χ2v) is 7.18. The highest BCUT2D eigenvalue weighted by Crippen LogP contribution is 2.44. The van der Waals surface area contributed by atoms with Crippen LogP contribution >= 0.6 is 0 Å². The molecule has 1 N–H and O–H groups in total. The van der Waals surface area contributed by atoms with E-state index >= 15 is 0 Å². The van der Waals surface area contributed by atoms with Crippen molar-refractivity contribution >= 4 is 12.2 Å². The average Bonchev–Trinajstić information content (AvgIpc) is 3.07. The molecule has 0 bridgehead atoms. The van der Waals surface area contributed by atoms with Gasteiger partial charge in [0.1, 0.15) is 6.61 Å². The number of ether oxygens (including phenoxy) is 1. The molecule has 0 saturated heterocycles. The number of nitrogens with one attached hydrogen (secondary N) is 1. The van der Waals surface area contributed by atoms with Crippen LogP contribution in [0.4, 0.5) is 4.79 Å². The molecule has 0 aliphatic heterocycles. The molecule has 1 aromatic heterocycles. The predicted octanol–water partition coefficient (Wildman–Crippen LogP) is 5.33. The van der Waals surface area contributed by atoms with Crippen LogP contribution < -0.4 is 5.32 Å². The molecule has 2 aromatic carbocycles. The number of rotatable bonds is 6. The molecule has 1 aliphatic carbocycles. The van der Waals surface area contributed by atoms with E-state index in [0.717, 1.165) is 12.0 Å². The van der Waals surface area contributed by atoms with Crippen molar-refractivity contribution in [2.24, 2.45) is 0 Å². The molecule has 1 heterocycles. The third-order valence-corrected chi connectivity index (χ3v) is 5.30. The van der Waals surface area contributed by atoms with Crippen LogP contribution in [0.3, 0.4) is 0 Å². The first-order valence-electron chi connectivity index (χ1n) is 9.90. The molecule has 0 unspecified atom stereocenters. The summed E-state index contributed by atoms with van der Waals surface area (Å²) in [7, 11) is 0. The fourth-order valence-electron chi connectivity index (χ4n) is 3.77. The van der Waals surface area contributed by atoms with E-state index < -0.39 is 0 Å². The van der Waals surface area contributed by atoms with Gasteiger partial charge in [0, 0.05) is 24.9 Å². The Kier molecular flexibility index (Phi) is 5.71. The lowest BCUT2D eigenvalue weighted by Crippen LogP contribution is -2.26. The monoisotopic (exact) mass is 384 g/mol. The number of aryl methyl sites for hydroxylation is 1. The van der Waals surface area contributed by atoms with Gasteiger partial charge < -0.3 is 10.1 Å². The number of fused-ring (bicyclic) bond motifs is 3. The fourth-order valence-corrected chi connectivity index (χ4v) is 3.77. The second-order valence-electron chi connectivity index (χ2n) is 7.18. The molecule has 4 rings (SSSR count). The number of aromatic nitrogens is 1. The molecule has 0 saturated carbocycles. The first kappa shape index (κ1) is 18.9. The van der Waals surface area contributed by atoms with Crippen LogP contribution in [0.2, 0.25) is 0 Å². The minimum atomic E-state index is -0.377. The number of hydrogen-bond acceptors (Lipinski definition) is 3. The molecule has 0 fully saturated rings. The van der Waals surface area contributed by atoms with Gasteiger partial charge in [-0.2, -0.15) is 0 Å². The van der Waals surface area contributed by atoms with Crippen molar-refractivity contribution in [2.75, 3.05) is 13.2 Å². The van der Waals surface area contributed by atoms with Gasteiger partial charge in [0.15, 0.2) is 0 Å². The van der Waals surface area contributed by atoms with E-state index in [1.165, 1.54) is 27.8 Å². The molecule has 0 atom stereocenters. The van der Waals surface area contributed by atoms with Gasteiger partial charge in [0.2, 0.25) is 0 Å². The highest BCUT2D eigenvalue weighted by molar-refractivity contribution is 5.79.